The van der Waals surface area contributed by atoms with Gasteiger partial charge >= 0.3 is 0 Å². The van der Waals surface area contributed by atoms with Crippen LogP contribution in [-0.4, -0.2) is 69.1 Å². The summed E-state index contributed by atoms with van der Waals surface area (Å²) in [6, 6.07) is 6.42. The van der Waals surface area contributed by atoms with Crippen molar-refractivity contribution in [2.24, 2.45) is 0 Å². The standard InChI is InChI=1S/C21H30N2O5S2/c1-2-13-23(19-12-16-29(25,26)17-19)21(24)11-8-18-6-9-20(10-7-18)30(27,28)22-14-4-3-5-15-22/h2,6-7,9-10,19H,1,3-5,8,11-17H2. The van der Waals surface area contributed by atoms with Gasteiger partial charge in [-0.05, 0) is 43.4 Å². The van der Waals surface area contributed by atoms with Gasteiger partial charge in [-0.1, -0.05) is 24.6 Å². The number of sulfonamides is 1. The smallest absolute Gasteiger partial charge is 0.243 e. The number of carbonyl (C=O) groups excluding carboxylic acids is 1. The predicted octanol–water partition coefficient (Wildman–Crippen LogP) is 2.00. The first-order valence-corrected chi connectivity index (χ1v) is 13.7. The van der Waals surface area contributed by atoms with E-state index in [-0.39, 0.29) is 34.8 Å². The zero-order valence-electron chi connectivity index (χ0n) is 17.2. The van der Waals surface area contributed by atoms with Crippen molar-refractivity contribution >= 4 is 25.8 Å². The molecule has 2 fully saturated rings. The van der Waals surface area contributed by atoms with Crippen LogP contribution in [0, 0.1) is 0 Å². The second-order valence-electron chi connectivity index (χ2n) is 8.00. The second-order valence-corrected chi connectivity index (χ2v) is 12.2. The number of benzene rings is 1. The molecule has 1 atom stereocenters. The highest BCUT2D eigenvalue weighted by Gasteiger charge is 2.34. The molecule has 9 heteroatoms. The van der Waals surface area contributed by atoms with Crippen molar-refractivity contribution in [2.75, 3.05) is 31.1 Å². The summed E-state index contributed by atoms with van der Waals surface area (Å²) in [5.74, 6) is 0.0169. The van der Waals surface area contributed by atoms with E-state index in [1.54, 1.807) is 35.2 Å². The Morgan fingerprint density at radius 2 is 1.83 bits per heavy atom. The summed E-state index contributed by atoms with van der Waals surface area (Å²) in [6.45, 7) is 5.13. The van der Waals surface area contributed by atoms with Crippen LogP contribution in [0.25, 0.3) is 0 Å². The van der Waals surface area contributed by atoms with Gasteiger partial charge < -0.3 is 4.90 Å². The molecule has 2 aliphatic rings. The molecule has 0 N–H and O–H groups in total. The Bertz CT molecular complexity index is 965. The van der Waals surface area contributed by atoms with Crippen molar-refractivity contribution in [3.8, 4) is 0 Å². The lowest BCUT2D eigenvalue weighted by molar-refractivity contribution is -0.132. The van der Waals surface area contributed by atoms with Crippen LogP contribution in [-0.2, 0) is 31.1 Å². The number of hydrogen-bond donors (Lipinski definition) is 0. The summed E-state index contributed by atoms with van der Waals surface area (Å²) < 4.78 is 50.5. The summed E-state index contributed by atoms with van der Waals surface area (Å²) in [7, 11) is -6.54. The highest BCUT2D eigenvalue weighted by Crippen LogP contribution is 2.22. The van der Waals surface area contributed by atoms with Crippen LogP contribution < -0.4 is 0 Å². The van der Waals surface area contributed by atoms with E-state index < -0.39 is 19.9 Å². The number of aryl methyl sites for hydroxylation is 1. The maximum absolute atomic E-state index is 12.7. The molecule has 1 aromatic carbocycles. The number of rotatable bonds is 8. The second kappa shape index (κ2) is 9.62. The lowest BCUT2D eigenvalue weighted by Crippen LogP contribution is -2.41. The lowest BCUT2D eigenvalue weighted by atomic mass is 10.1. The molecule has 0 aliphatic carbocycles. The first kappa shape index (κ1) is 23.0. The molecule has 0 saturated carbocycles. The minimum atomic E-state index is -3.46. The molecule has 7 nitrogen and oxygen atoms in total. The van der Waals surface area contributed by atoms with E-state index in [0.29, 0.717) is 32.5 Å². The van der Waals surface area contributed by atoms with E-state index >= 15 is 0 Å². The van der Waals surface area contributed by atoms with Gasteiger partial charge in [0.2, 0.25) is 15.9 Å². The molecule has 0 radical (unpaired) electrons. The van der Waals surface area contributed by atoms with Crippen molar-refractivity contribution in [2.45, 2.75) is 49.5 Å². The van der Waals surface area contributed by atoms with Crippen LogP contribution in [0.4, 0.5) is 0 Å². The number of piperidine rings is 1. The maximum Gasteiger partial charge on any atom is 0.243 e. The fourth-order valence-electron chi connectivity index (χ4n) is 4.09. The molecule has 0 bridgehead atoms. The monoisotopic (exact) mass is 454 g/mol. The minimum absolute atomic E-state index is 0.00956. The fraction of sp³-hybridized carbons (Fsp3) is 0.571. The highest BCUT2D eigenvalue weighted by molar-refractivity contribution is 7.91. The van der Waals surface area contributed by atoms with E-state index in [1.807, 2.05) is 0 Å². The van der Waals surface area contributed by atoms with Crippen LogP contribution in [0.15, 0.2) is 41.8 Å². The van der Waals surface area contributed by atoms with Crippen LogP contribution in [0.1, 0.15) is 37.7 Å². The van der Waals surface area contributed by atoms with Crippen LogP contribution in [0.5, 0.6) is 0 Å². The molecule has 166 valence electrons. The fourth-order valence-corrected chi connectivity index (χ4v) is 7.34. The van der Waals surface area contributed by atoms with Gasteiger partial charge in [0.15, 0.2) is 9.84 Å². The molecule has 3 rings (SSSR count). The number of amides is 1. The Hall–Kier alpha value is -1.71. The lowest BCUT2D eigenvalue weighted by Gasteiger charge is -2.27. The third kappa shape index (κ3) is 5.50. The van der Waals surface area contributed by atoms with Gasteiger partial charge in [-0.3, -0.25) is 4.79 Å². The van der Waals surface area contributed by atoms with Gasteiger partial charge in [0, 0.05) is 32.1 Å². The van der Waals surface area contributed by atoms with Crippen molar-refractivity contribution in [1.29, 1.82) is 0 Å². The van der Waals surface area contributed by atoms with Crippen molar-refractivity contribution in [1.82, 2.24) is 9.21 Å². The normalized spacial score (nSPS) is 21.9. The quantitative estimate of drug-likeness (QED) is 0.560. The summed E-state index contributed by atoms with van der Waals surface area (Å²) in [6.07, 6.45) is 5.63. The summed E-state index contributed by atoms with van der Waals surface area (Å²) in [4.78, 5) is 14.6. The molecule has 0 spiro atoms. The summed E-state index contributed by atoms with van der Waals surface area (Å²) in [5, 5.41) is 0. The number of carbonyl (C=O) groups is 1. The summed E-state index contributed by atoms with van der Waals surface area (Å²) in [5.41, 5.74) is 0.874. The number of hydrogen-bond acceptors (Lipinski definition) is 5. The third-order valence-corrected chi connectivity index (χ3v) is 9.46. The zero-order chi connectivity index (χ0) is 21.8. The Morgan fingerprint density at radius 1 is 1.17 bits per heavy atom. The average molecular weight is 455 g/mol. The first-order chi connectivity index (χ1) is 14.2. The first-order valence-electron chi connectivity index (χ1n) is 10.4. The van der Waals surface area contributed by atoms with Crippen LogP contribution >= 0.6 is 0 Å². The van der Waals surface area contributed by atoms with Crippen molar-refractivity contribution < 1.29 is 21.6 Å². The van der Waals surface area contributed by atoms with Crippen molar-refractivity contribution in [3.63, 3.8) is 0 Å². The number of nitrogens with zero attached hydrogens (tertiary/aromatic N) is 2. The Balaban J connectivity index is 1.61. The maximum atomic E-state index is 12.7. The molecule has 1 amide bonds. The topological polar surface area (TPSA) is 91.8 Å². The molecule has 2 saturated heterocycles. The van der Waals surface area contributed by atoms with Gasteiger partial charge in [0.25, 0.3) is 0 Å². The number of sulfone groups is 1. The van der Waals surface area contributed by atoms with Gasteiger partial charge in [-0.2, -0.15) is 4.31 Å². The molecule has 1 aromatic rings. The largest absolute Gasteiger partial charge is 0.335 e. The average Bonchev–Trinajstić information content (AvgIpc) is 3.10. The van der Waals surface area contributed by atoms with E-state index in [4.69, 9.17) is 0 Å². The van der Waals surface area contributed by atoms with Gasteiger partial charge in [0.05, 0.1) is 16.4 Å². The summed E-state index contributed by atoms with van der Waals surface area (Å²) >= 11 is 0. The van der Waals surface area contributed by atoms with Gasteiger partial charge in [0.1, 0.15) is 0 Å². The third-order valence-electron chi connectivity index (χ3n) is 5.80. The van der Waals surface area contributed by atoms with Crippen molar-refractivity contribution in [3.05, 3.63) is 42.5 Å². The van der Waals surface area contributed by atoms with Gasteiger partial charge in [-0.15, -0.1) is 6.58 Å². The van der Waals surface area contributed by atoms with E-state index in [1.165, 1.54) is 4.31 Å². The molecular weight excluding hydrogens is 424 g/mol. The highest BCUT2D eigenvalue weighted by atomic mass is 32.2. The molecule has 2 aliphatic heterocycles. The Kier molecular flexibility index (Phi) is 7.36. The van der Waals surface area contributed by atoms with E-state index in [2.05, 4.69) is 6.58 Å². The Morgan fingerprint density at radius 3 is 2.40 bits per heavy atom. The molecular formula is C21H30N2O5S2. The molecule has 2 heterocycles. The van der Waals surface area contributed by atoms with Crippen LogP contribution in [0.2, 0.25) is 0 Å². The SMILES string of the molecule is C=CCN(C(=O)CCc1ccc(S(=O)(=O)N2CCCCC2)cc1)C1CCS(=O)(=O)C1. The van der Waals surface area contributed by atoms with E-state index in [9.17, 15) is 21.6 Å². The molecule has 30 heavy (non-hydrogen) atoms. The molecule has 0 aromatic heterocycles. The predicted molar refractivity (Wildman–Crippen MR) is 116 cm³/mol. The van der Waals surface area contributed by atoms with Gasteiger partial charge in [-0.25, -0.2) is 16.8 Å². The Labute approximate surface area is 179 Å². The minimum Gasteiger partial charge on any atom is -0.335 e. The molecule has 1 unspecified atom stereocenters. The van der Waals surface area contributed by atoms with E-state index in [0.717, 1.165) is 24.8 Å². The van der Waals surface area contributed by atoms with Crippen LogP contribution in [0.3, 0.4) is 0 Å². The zero-order valence-corrected chi connectivity index (χ0v) is 18.8.